The summed E-state index contributed by atoms with van der Waals surface area (Å²) in [4.78, 5) is 16.7. The number of halogens is 1. The second kappa shape index (κ2) is 6.54. The number of carbonyl (C=O) groups is 1. The summed E-state index contributed by atoms with van der Waals surface area (Å²) in [7, 11) is 0. The molecule has 4 aromatic rings. The molecule has 6 nitrogen and oxygen atoms in total. The quantitative estimate of drug-likeness (QED) is 0.548. The average molecular weight is 372 g/mol. The zero-order valence-electron chi connectivity index (χ0n) is 12.6. The number of anilines is 1. The first-order chi connectivity index (χ1) is 12.2. The SMILES string of the molecule is O=C(Nc1nc(-c2ccc(Cl)cc2)cs1)c1cc(-c2ccco2)on1. The molecule has 0 atom stereocenters. The Bertz CT molecular complexity index is 1010. The summed E-state index contributed by atoms with van der Waals surface area (Å²) in [6.45, 7) is 0. The van der Waals surface area contributed by atoms with Crippen molar-refractivity contribution in [1.82, 2.24) is 10.1 Å². The normalized spacial score (nSPS) is 10.8. The van der Waals surface area contributed by atoms with Crippen molar-refractivity contribution in [2.24, 2.45) is 0 Å². The lowest BCUT2D eigenvalue weighted by atomic mass is 10.2. The standard InChI is InChI=1S/C17H10ClN3O3S/c18-11-5-3-10(4-6-11)13-9-25-17(19-13)20-16(22)12-8-15(24-21-12)14-2-1-7-23-14/h1-9H,(H,19,20,22). The summed E-state index contributed by atoms with van der Waals surface area (Å²) in [5.41, 5.74) is 1.82. The molecule has 124 valence electrons. The lowest BCUT2D eigenvalue weighted by Crippen LogP contribution is -2.11. The number of furan rings is 1. The van der Waals surface area contributed by atoms with Gasteiger partial charge >= 0.3 is 0 Å². The first kappa shape index (κ1) is 15.6. The number of aromatic nitrogens is 2. The van der Waals surface area contributed by atoms with Gasteiger partial charge in [0.15, 0.2) is 16.6 Å². The molecule has 4 rings (SSSR count). The predicted octanol–water partition coefficient (Wildman–Crippen LogP) is 4.96. The van der Waals surface area contributed by atoms with Crippen molar-refractivity contribution in [3.05, 3.63) is 64.8 Å². The fraction of sp³-hybridized carbons (Fsp3) is 0. The zero-order valence-corrected chi connectivity index (χ0v) is 14.2. The number of thiazole rings is 1. The number of benzene rings is 1. The third kappa shape index (κ3) is 3.33. The van der Waals surface area contributed by atoms with Gasteiger partial charge in [0.1, 0.15) is 0 Å². The van der Waals surface area contributed by atoms with Gasteiger partial charge in [0.25, 0.3) is 5.91 Å². The van der Waals surface area contributed by atoms with Crippen LogP contribution >= 0.6 is 22.9 Å². The first-order valence-corrected chi connectivity index (χ1v) is 8.48. The molecule has 0 radical (unpaired) electrons. The van der Waals surface area contributed by atoms with E-state index in [0.717, 1.165) is 11.3 Å². The minimum atomic E-state index is -0.404. The van der Waals surface area contributed by atoms with Gasteiger partial charge in [0.2, 0.25) is 5.76 Å². The highest BCUT2D eigenvalue weighted by Crippen LogP contribution is 2.26. The third-order valence-electron chi connectivity index (χ3n) is 3.37. The highest BCUT2D eigenvalue weighted by molar-refractivity contribution is 7.14. The van der Waals surface area contributed by atoms with Crippen molar-refractivity contribution >= 4 is 34.0 Å². The van der Waals surface area contributed by atoms with Crippen LogP contribution in [-0.4, -0.2) is 16.0 Å². The van der Waals surface area contributed by atoms with Crippen molar-refractivity contribution in [3.63, 3.8) is 0 Å². The van der Waals surface area contributed by atoms with Crippen molar-refractivity contribution in [3.8, 4) is 22.8 Å². The lowest BCUT2D eigenvalue weighted by molar-refractivity contribution is 0.101. The Morgan fingerprint density at radius 3 is 2.76 bits per heavy atom. The molecule has 0 bridgehead atoms. The molecule has 0 fully saturated rings. The largest absolute Gasteiger partial charge is 0.461 e. The van der Waals surface area contributed by atoms with Crippen molar-refractivity contribution in [2.75, 3.05) is 5.32 Å². The molecular weight excluding hydrogens is 362 g/mol. The van der Waals surface area contributed by atoms with Crippen LogP contribution in [0.25, 0.3) is 22.8 Å². The van der Waals surface area contributed by atoms with Crippen LogP contribution in [0.15, 0.2) is 63.0 Å². The van der Waals surface area contributed by atoms with E-state index in [9.17, 15) is 4.79 Å². The molecule has 0 aliphatic heterocycles. The number of amides is 1. The summed E-state index contributed by atoms with van der Waals surface area (Å²) in [5.74, 6) is 0.487. The van der Waals surface area contributed by atoms with Gasteiger partial charge in [-0.3, -0.25) is 10.1 Å². The Balaban J connectivity index is 1.49. The van der Waals surface area contributed by atoms with Crippen LogP contribution in [0.3, 0.4) is 0 Å². The van der Waals surface area contributed by atoms with Gasteiger partial charge in [-0.05, 0) is 24.3 Å². The second-order valence-corrected chi connectivity index (χ2v) is 6.35. The van der Waals surface area contributed by atoms with E-state index in [2.05, 4.69) is 15.5 Å². The topological polar surface area (TPSA) is 81.2 Å². The van der Waals surface area contributed by atoms with E-state index < -0.39 is 5.91 Å². The fourth-order valence-electron chi connectivity index (χ4n) is 2.16. The van der Waals surface area contributed by atoms with Gasteiger partial charge in [-0.15, -0.1) is 11.3 Å². The molecule has 0 saturated carbocycles. The van der Waals surface area contributed by atoms with Gasteiger partial charge < -0.3 is 8.94 Å². The highest BCUT2D eigenvalue weighted by Gasteiger charge is 2.16. The maximum Gasteiger partial charge on any atom is 0.279 e. The van der Waals surface area contributed by atoms with Crippen LogP contribution in [0.4, 0.5) is 5.13 Å². The smallest absolute Gasteiger partial charge is 0.279 e. The second-order valence-electron chi connectivity index (χ2n) is 5.05. The van der Waals surface area contributed by atoms with Crippen LogP contribution in [0.1, 0.15) is 10.5 Å². The molecule has 1 N–H and O–H groups in total. The van der Waals surface area contributed by atoms with Crippen LogP contribution in [0.5, 0.6) is 0 Å². The Morgan fingerprint density at radius 2 is 2.00 bits per heavy atom. The predicted molar refractivity (Wildman–Crippen MR) is 94.7 cm³/mol. The molecular formula is C17H10ClN3O3S. The molecule has 0 unspecified atom stereocenters. The van der Waals surface area contributed by atoms with Crippen LogP contribution in [0.2, 0.25) is 5.02 Å². The van der Waals surface area contributed by atoms with Gasteiger partial charge in [0.05, 0.1) is 12.0 Å². The summed E-state index contributed by atoms with van der Waals surface area (Å²) in [6.07, 6.45) is 1.52. The number of carbonyl (C=O) groups excluding carboxylic acids is 1. The molecule has 3 heterocycles. The van der Waals surface area contributed by atoms with Crippen molar-refractivity contribution in [2.45, 2.75) is 0 Å². The van der Waals surface area contributed by atoms with E-state index in [1.54, 1.807) is 24.3 Å². The molecule has 0 saturated heterocycles. The number of hydrogen-bond donors (Lipinski definition) is 1. The Labute approximate surface area is 151 Å². The molecule has 25 heavy (non-hydrogen) atoms. The molecule has 3 aromatic heterocycles. The summed E-state index contributed by atoms with van der Waals surface area (Å²) in [6, 6.07) is 12.3. The number of nitrogens with zero attached hydrogens (tertiary/aromatic N) is 2. The van der Waals surface area contributed by atoms with Gasteiger partial charge in [0, 0.05) is 22.0 Å². The number of hydrogen-bond acceptors (Lipinski definition) is 6. The van der Waals surface area contributed by atoms with E-state index >= 15 is 0 Å². The molecule has 0 spiro atoms. The monoisotopic (exact) mass is 371 g/mol. The average Bonchev–Trinajstić information content (AvgIpc) is 3.36. The van der Waals surface area contributed by atoms with Crippen molar-refractivity contribution in [1.29, 1.82) is 0 Å². The van der Waals surface area contributed by atoms with E-state index in [-0.39, 0.29) is 5.69 Å². The lowest BCUT2D eigenvalue weighted by Gasteiger charge is -1.98. The summed E-state index contributed by atoms with van der Waals surface area (Å²) >= 11 is 7.21. The Morgan fingerprint density at radius 1 is 1.16 bits per heavy atom. The summed E-state index contributed by atoms with van der Waals surface area (Å²) in [5, 5.41) is 9.45. The van der Waals surface area contributed by atoms with E-state index in [4.69, 9.17) is 20.5 Å². The Kier molecular flexibility index (Phi) is 4.09. The number of rotatable bonds is 4. The Hall–Kier alpha value is -2.90. The van der Waals surface area contributed by atoms with Crippen molar-refractivity contribution < 1.29 is 13.7 Å². The maximum absolute atomic E-state index is 12.3. The van der Waals surface area contributed by atoms with E-state index in [1.807, 2.05) is 17.5 Å². The van der Waals surface area contributed by atoms with Gasteiger partial charge in [-0.1, -0.05) is 28.9 Å². The first-order valence-electron chi connectivity index (χ1n) is 7.22. The van der Waals surface area contributed by atoms with Gasteiger partial charge in [-0.2, -0.15) is 0 Å². The molecule has 8 heteroatoms. The minimum Gasteiger partial charge on any atom is -0.461 e. The zero-order chi connectivity index (χ0) is 17.2. The maximum atomic E-state index is 12.3. The van der Waals surface area contributed by atoms with Crippen LogP contribution < -0.4 is 5.32 Å². The number of nitrogens with one attached hydrogen (secondary N) is 1. The fourth-order valence-corrected chi connectivity index (χ4v) is 3.00. The molecule has 1 amide bonds. The van der Waals surface area contributed by atoms with Crippen LogP contribution in [0, 0.1) is 0 Å². The third-order valence-corrected chi connectivity index (χ3v) is 4.38. The molecule has 0 aliphatic rings. The molecule has 1 aromatic carbocycles. The summed E-state index contributed by atoms with van der Waals surface area (Å²) < 4.78 is 10.3. The minimum absolute atomic E-state index is 0.148. The van der Waals surface area contributed by atoms with Crippen LogP contribution in [-0.2, 0) is 0 Å². The van der Waals surface area contributed by atoms with Gasteiger partial charge in [-0.25, -0.2) is 4.98 Å². The highest BCUT2D eigenvalue weighted by atomic mass is 35.5. The van der Waals surface area contributed by atoms with E-state index in [0.29, 0.717) is 21.7 Å². The van der Waals surface area contributed by atoms with E-state index in [1.165, 1.54) is 23.7 Å². The molecule has 0 aliphatic carbocycles.